The molecule has 0 unspecified atom stereocenters. The number of fused-ring (bicyclic) bond motifs is 1. The molecule has 0 bridgehead atoms. The number of nitrogens with zero attached hydrogens (tertiary/aromatic N) is 1. The Morgan fingerprint density at radius 3 is 3.06 bits per heavy atom. The van der Waals surface area contributed by atoms with Crippen LogP contribution >= 0.6 is 0 Å². The van der Waals surface area contributed by atoms with Crippen LogP contribution in [0.15, 0.2) is 18.2 Å². The van der Waals surface area contributed by atoms with Gasteiger partial charge in [0.1, 0.15) is 12.0 Å². The van der Waals surface area contributed by atoms with Crippen molar-refractivity contribution in [1.29, 1.82) is 0 Å². The maximum atomic E-state index is 11.7. The van der Waals surface area contributed by atoms with E-state index in [4.69, 9.17) is 4.74 Å². The number of aldehydes is 1. The van der Waals surface area contributed by atoms with E-state index in [1.54, 1.807) is 0 Å². The number of ether oxygens (including phenoxy) is 1. The summed E-state index contributed by atoms with van der Waals surface area (Å²) in [6, 6.07) is 5.53. The molecule has 2 rings (SSSR count). The van der Waals surface area contributed by atoms with E-state index in [1.807, 2.05) is 25.2 Å². The van der Waals surface area contributed by atoms with Gasteiger partial charge >= 0.3 is 0 Å². The molecule has 1 aromatic rings. The molecule has 18 heavy (non-hydrogen) atoms. The summed E-state index contributed by atoms with van der Waals surface area (Å²) < 4.78 is 5.56. The second-order valence-electron chi connectivity index (χ2n) is 4.43. The average Bonchev–Trinajstić information content (AvgIpc) is 2.39. The third-order valence-corrected chi connectivity index (χ3v) is 3.09. The van der Waals surface area contributed by atoms with Crippen molar-refractivity contribution in [3.8, 4) is 5.75 Å². The fourth-order valence-corrected chi connectivity index (χ4v) is 2.03. The Morgan fingerprint density at radius 1 is 1.44 bits per heavy atom. The maximum Gasteiger partial charge on any atom is 0.166 e. The predicted octanol–water partition coefficient (Wildman–Crippen LogP) is 2.07. The summed E-state index contributed by atoms with van der Waals surface area (Å²) in [5.41, 5.74) is 1.70. The lowest BCUT2D eigenvalue weighted by molar-refractivity contribution is -0.108. The first-order valence-electron chi connectivity index (χ1n) is 6.17. The van der Waals surface area contributed by atoms with Crippen LogP contribution in [0.4, 0.5) is 5.69 Å². The van der Waals surface area contributed by atoms with Gasteiger partial charge in [-0.2, -0.15) is 0 Å². The fourth-order valence-electron chi connectivity index (χ4n) is 2.03. The maximum absolute atomic E-state index is 11.7. The number of Topliss-reactive ketones (excluding diaryl/α,β-unsaturated/α-hetero) is 1. The van der Waals surface area contributed by atoms with Gasteiger partial charge in [0.25, 0.3) is 0 Å². The van der Waals surface area contributed by atoms with Crippen LogP contribution in [-0.2, 0) is 4.79 Å². The molecule has 96 valence electrons. The van der Waals surface area contributed by atoms with Crippen molar-refractivity contribution < 1.29 is 14.3 Å². The summed E-state index contributed by atoms with van der Waals surface area (Å²) in [7, 11) is 1.97. The van der Waals surface area contributed by atoms with E-state index in [-0.39, 0.29) is 5.78 Å². The van der Waals surface area contributed by atoms with Gasteiger partial charge in [-0.15, -0.1) is 0 Å². The smallest absolute Gasteiger partial charge is 0.166 e. The number of anilines is 1. The summed E-state index contributed by atoms with van der Waals surface area (Å²) in [5, 5.41) is 0. The lowest BCUT2D eigenvalue weighted by Crippen LogP contribution is -2.28. The van der Waals surface area contributed by atoms with E-state index in [0.29, 0.717) is 19.4 Å². The lowest BCUT2D eigenvalue weighted by atomic mass is 10.0. The van der Waals surface area contributed by atoms with Crippen LogP contribution in [-0.4, -0.2) is 32.3 Å². The zero-order chi connectivity index (χ0) is 13.0. The SMILES string of the molecule is CN1CCC(=O)c2ccc(OCCCC=O)cc21. The Bertz CT molecular complexity index is 456. The van der Waals surface area contributed by atoms with Gasteiger partial charge in [0.05, 0.1) is 12.3 Å². The Balaban J connectivity index is 2.08. The molecule has 0 atom stereocenters. The fraction of sp³-hybridized carbons (Fsp3) is 0.429. The summed E-state index contributed by atoms with van der Waals surface area (Å²) >= 11 is 0. The summed E-state index contributed by atoms with van der Waals surface area (Å²) in [5.74, 6) is 0.941. The second kappa shape index (κ2) is 5.67. The van der Waals surface area contributed by atoms with Crippen LogP contribution in [0.3, 0.4) is 0 Å². The molecule has 0 saturated heterocycles. The van der Waals surface area contributed by atoms with Crippen LogP contribution in [0.1, 0.15) is 29.6 Å². The van der Waals surface area contributed by atoms with Crippen LogP contribution in [0.25, 0.3) is 0 Å². The molecule has 4 heteroatoms. The molecule has 1 aromatic carbocycles. The summed E-state index contributed by atoms with van der Waals surface area (Å²) in [4.78, 5) is 24.0. The Kier molecular flexibility index (Phi) is 3.97. The molecule has 0 aromatic heterocycles. The third kappa shape index (κ3) is 2.70. The molecule has 0 saturated carbocycles. The van der Waals surface area contributed by atoms with Crippen molar-refractivity contribution in [2.75, 3.05) is 25.1 Å². The van der Waals surface area contributed by atoms with E-state index in [1.165, 1.54) is 0 Å². The Labute approximate surface area is 107 Å². The minimum absolute atomic E-state index is 0.190. The van der Waals surface area contributed by atoms with E-state index in [0.717, 1.165) is 36.3 Å². The van der Waals surface area contributed by atoms with Crippen molar-refractivity contribution in [3.63, 3.8) is 0 Å². The molecule has 0 radical (unpaired) electrons. The number of benzene rings is 1. The van der Waals surface area contributed by atoms with Crippen molar-refractivity contribution in [3.05, 3.63) is 23.8 Å². The van der Waals surface area contributed by atoms with Gasteiger partial charge in [-0.3, -0.25) is 4.79 Å². The zero-order valence-corrected chi connectivity index (χ0v) is 10.5. The van der Waals surface area contributed by atoms with E-state index in [9.17, 15) is 9.59 Å². The van der Waals surface area contributed by atoms with Gasteiger partial charge in [0, 0.05) is 38.1 Å². The Hall–Kier alpha value is -1.84. The number of carbonyl (C=O) groups excluding carboxylic acids is 2. The minimum atomic E-state index is 0.190. The summed E-state index contributed by atoms with van der Waals surface area (Å²) in [6.07, 6.45) is 2.70. The number of ketones is 1. The van der Waals surface area contributed by atoms with E-state index >= 15 is 0 Å². The van der Waals surface area contributed by atoms with Gasteiger partial charge < -0.3 is 14.4 Å². The molecule has 1 aliphatic heterocycles. The van der Waals surface area contributed by atoms with Crippen LogP contribution in [0.5, 0.6) is 5.75 Å². The molecule has 0 aliphatic carbocycles. The molecular formula is C14H17NO3. The monoisotopic (exact) mass is 247 g/mol. The van der Waals surface area contributed by atoms with Crippen LogP contribution in [0, 0.1) is 0 Å². The molecule has 0 amide bonds. The van der Waals surface area contributed by atoms with Gasteiger partial charge in [0.2, 0.25) is 0 Å². The molecule has 0 N–H and O–H groups in total. The third-order valence-electron chi connectivity index (χ3n) is 3.09. The van der Waals surface area contributed by atoms with Crippen LogP contribution < -0.4 is 9.64 Å². The van der Waals surface area contributed by atoms with Gasteiger partial charge in [-0.1, -0.05) is 0 Å². The lowest BCUT2D eigenvalue weighted by Gasteiger charge is -2.26. The highest BCUT2D eigenvalue weighted by molar-refractivity contribution is 6.03. The molecule has 0 spiro atoms. The molecule has 0 fully saturated rings. The number of carbonyl (C=O) groups is 2. The van der Waals surface area contributed by atoms with Crippen molar-refractivity contribution in [1.82, 2.24) is 0 Å². The highest BCUT2D eigenvalue weighted by atomic mass is 16.5. The topological polar surface area (TPSA) is 46.6 Å². The van der Waals surface area contributed by atoms with Gasteiger partial charge in [-0.25, -0.2) is 0 Å². The molecule has 1 aliphatic rings. The van der Waals surface area contributed by atoms with Crippen molar-refractivity contribution in [2.24, 2.45) is 0 Å². The first-order chi connectivity index (χ1) is 8.72. The Morgan fingerprint density at radius 2 is 2.28 bits per heavy atom. The average molecular weight is 247 g/mol. The quantitative estimate of drug-likeness (QED) is 0.590. The van der Waals surface area contributed by atoms with Crippen molar-refractivity contribution >= 4 is 17.8 Å². The highest BCUT2D eigenvalue weighted by Crippen LogP contribution is 2.29. The van der Waals surface area contributed by atoms with Crippen molar-refractivity contribution in [2.45, 2.75) is 19.3 Å². The first kappa shape index (κ1) is 12.6. The van der Waals surface area contributed by atoms with E-state index in [2.05, 4.69) is 4.90 Å². The highest BCUT2D eigenvalue weighted by Gasteiger charge is 2.20. The van der Waals surface area contributed by atoms with E-state index < -0.39 is 0 Å². The summed E-state index contributed by atoms with van der Waals surface area (Å²) in [6.45, 7) is 1.27. The second-order valence-corrected chi connectivity index (χ2v) is 4.43. The van der Waals surface area contributed by atoms with Gasteiger partial charge in [-0.05, 0) is 18.6 Å². The number of rotatable bonds is 5. The molecule has 4 nitrogen and oxygen atoms in total. The zero-order valence-electron chi connectivity index (χ0n) is 10.5. The van der Waals surface area contributed by atoms with Crippen LogP contribution in [0.2, 0.25) is 0 Å². The molecular weight excluding hydrogens is 230 g/mol. The number of hydrogen-bond donors (Lipinski definition) is 0. The largest absolute Gasteiger partial charge is 0.494 e. The van der Waals surface area contributed by atoms with Gasteiger partial charge in [0.15, 0.2) is 5.78 Å². The molecule has 1 heterocycles. The number of hydrogen-bond acceptors (Lipinski definition) is 4. The first-order valence-corrected chi connectivity index (χ1v) is 6.17. The number of unbranched alkanes of at least 4 members (excludes halogenated alkanes) is 1. The standard InChI is InChI=1S/C14H17NO3/c1-15-7-6-14(17)12-5-4-11(10-13(12)15)18-9-3-2-8-16/h4-5,8,10H,2-3,6-7,9H2,1H3. The normalized spacial score (nSPS) is 14.3. The minimum Gasteiger partial charge on any atom is -0.494 e. The predicted molar refractivity (Wildman–Crippen MR) is 69.5 cm³/mol.